The van der Waals surface area contributed by atoms with E-state index in [1.807, 2.05) is 0 Å². The Morgan fingerprint density at radius 3 is 2.30 bits per heavy atom. The largest absolute Gasteiger partial charge is 0.329 e. The van der Waals surface area contributed by atoms with E-state index >= 15 is 0 Å². The average molecular weight is 270 g/mol. The number of rotatable bonds is 4. The van der Waals surface area contributed by atoms with Crippen LogP contribution in [0.2, 0.25) is 0 Å². The van der Waals surface area contributed by atoms with E-state index in [1.165, 1.54) is 16.3 Å². The molecule has 0 aliphatic heterocycles. The third-order valence-corrected chi connectivity index (χ3v) is 3.98. The molecule has 0 aliphatic rings. The van der Waals surface area contributed by atoms with Gasteiger partial charge in [-0.1, -0.05) is 49.4 Å². The number of hydrogen-bond donors (Lipinski definition) is 1. The summed E-state index contributed by atoms with van der Waals surface area (Å²) in [6.45, 7) is 10.6. The van der Waals surface area contributed by atoms with Crippen LogP contribution in [0.4, 0.5) is 0 Å². The molecule has 2 nitrogen and oxygen atoms in total. The minimum absolute atomic E-state index is 0.107. The Hall–Kier alpha value is -1.38. The monoisotopic (exact) mass is 270 g/mol. The first-order valence-electron chi connectivity index (χ1n) is 7.43. The molecule has 2 N–H and O–H groups in total. The Balaban J connectivity index is 2.54. The highest BCUT2D eigenvalue weighted by Crippen LogP contribution is 2.31. The minimum Gasteiger partial charge on any atom is -0.329 e. The molecular weight excluding hydrogens is 244 g/mol. The molecule has 0 amide bonds. The zero-order valence-corrected chi connectivity index (χ0v) is 13.1. The highest BCUT2D eigenvalue weighted by molar-refractivity contribution is 5.86. The van der Waals surface area contributed by atoms with Crippen molar-refractivity contribution < 1.29 is 0 Å². The fourth-order valence-electron chi connectivity index (χ4n) is 3.13. The van der Waals surface area contributed by atoms with Gasteiger partial charge in [0.15, 0.2) is 0 Å². The van der Waals surface area contributed by atoms with E-state index < -0.39 is 0 Å². The number of nitrogens with two attached hydrogens (primary N) is 1. The van der Waals surface area contributed by atoms with Crippen molar-refractivity contribution in [2.45, 2.75) is 39.3 Å². The third-order valence-electron chi connectivity index (χ3n) is 3.98. The molecule has 0 saturated heterocycles. The van der Waals surface area contributed by atoms with Crippen molar-refractivity contribution in [3.05, 3.63) is 48.0 Å². The standard InChI is InChI=1S/C18H26N2/c1-5-20(18(2,3)4)17(13-19)16-12-8-10-14-9-6-7-11-15(14)16/h6-12,17H,5,13,19H2,1-4H3. The Bertz CT molecular complexity index is 564. The van der Waals surface area contributed by atoms with Crippen molar-refractivity contribution in [1.29, 1.82) is 0 Å². The molecule has 0 heterocycles. The lowest BCUT2D eigenvalue weighted by Gasteiger charge is -2.41. The maximum atomic E-state index is 6.13. The van der Waals surface area contributed by atoms with Gasteiger partial charge in [0.2, 0.25) is 0 Å². The molecule has 2 rings (SSSR count). The Labute approximate surface area is 122 Å². The summed E-state index contributed by atoms with van der Waals surface area (Å²) >= 11 is 0. The molecule has 1 atom stereocenters. The maximum Gasteiger partial charge on any atom is 0.0481 e. The summed E-state index contributed by atoms with van der Waals surface area (Å²) in [5, 5.41) is 2.60. The number of nitrogens with zero attached hydrogens (tertiary/aromatic N) is 1. The van der Waals surface area contributed by atoms with Crippen LogP contribution in [0.5, 0.6) is 0 Å². The van der Waals surface area contributed by atoms with E-state index in [1.54, 1.807) is 0 Å². The van der Waals surface area contributed by atoms with Gasteiger partial charge in [0, 0.05) is 18.1 Å². The van der Waals surface area contributed by atoms with Gasteiger partial charge in [-0.3, -0.25) is 4.90 Å². The van der Waals surface area contributed by atoms with Gasteiger partial charge in [-0.2, -0.15) is 0 Å². The smallest absolute Gasteiger partial charge is 0.0481 e. The van der Waals surface area contributed by atoms with Crippen LogP contribution in [0, 0.1) is 0 Å². The second-order valence-electron chi connectivity index (χ2n) is 6.28. The third kappa shape index (κ3) is 2.87. The van der Waals surface area contributed by atoms with Crippen molar-refractivity contribution in [1.82, 2.24) is 4.90 Å². The van der Waals surface area contributed by atoms with Crippen molar-refractivity contribution in [3.63, 3.8) is 0 Å². The van der Waals surface area contributed by atoms with E-state index in [4.69, 9.17) is 5.73 Å². The molecule has 20 heavy (non-hydrogen) atoms. The fraction of sp³-hybridized carbons (Fsp3) is 0.444. The number of likely N-dealkylation sites (N-methyl/N-ethyl adjacent to an activating group) is 1. The molecule has 2 heteroatoms. The minimum atomic E-state index is 0.107. The van der Waals surface area contributed by atoms with E-state index in [0.29, 0.717) is 6.54 Å². The van der Waals surface area contributed by atoms with Gasteiger partial charge in [0.1, 0.15) is 0 Å². The summed E-state index contributed by atoms with van der Waals surface area (Å²) in [7, 11) is 0. The van der Waals surface area contributed by atoms with Crippen LogP contribution < -0.4 is 5.73 Å². The average Bonchev–Trinajstić information content (AvgIpc) is 2.42. The molecule has 0 saturated carbocycles. The second kappa shape index (κ2) is 5.94. The topological polar surface area (TPSA) is 29.3 Å². The fourth-order valence-corrected chi connectivity index (χ4v) is 3.13. The zero-order valence-electron chi connectivity index (χ0n) is 13.1. The van der Waals surface area contributed by atoms with Crippen LogP contribution in [-0.2, 0) is 0 Å². The summed E-state index contributed by atoms with van der Waals surface area (Å²) in [6.07, 6.45) is 0. The van der Waals surface area contributed by atoms with Gasteiger partial charge >= 0.3 is 0 Å². The predicted octanol–water partition coefficient (Wildman–Crippen LogP) is 3.96. The predicted molar refractivity (Wildman–Crippen MR) is 87.9 cm³/mol. The number of hydrogen-bond acceptors (Lipinski definition) is 2. The van der Waals surface area contributed by atoms with Crippen molar-refractivity contribution >= 4 is 10.8 Å². The first-order valence-corrected chi connectivity index (χ1v) is 7.43. The lowest BCUT2D eigenvalue weighted by molar-refractivity contribution is 0.0927. The van der Waals surface area contributed by atoms with Gasteiger partial charge in [0.05, 0.1) is 0 Å². The first-order chi connectivity index (χ1) is 9.49. The van der Waals surface area contributed by atoms with Crippen LogP contribution >= 0.6 is 0 Å². The highest BCUT2D eigenvalue weighted by Gasteiger charge is 2.28. The molecule has 0 radical (unpaired) electrons. The van der Waals surface area contributed by atoms with Gasteiger partial charge in [-0.05, 0) is 43.7 Å². The van der Waals surface area contributed by atoms with Crippen LogP contribution in [-0.4, -0.2) is 23.5 Å². The van der Waals surface area contributed by atoms with Crippen LogP contribution in [0.1, 0.15) is 39.3 Å². The Kier molecular flexibility index (Phi) is 4.46. The Morgan fingerprint density at radius 2 is 1.70 bits per heavy atom. The van der Waals surface area contributed by atoms with E-state index in [-0.39, 0.29) is 11.6 Å². The Morgan fingerprint density at radius 1 is 1.05 bits per heavy atom. The van der Waals surface area contributed by atoms with Gasteiger partial charge in [-0.15, -0.1) is 0 Å². The van der Waals surface area contributed by atoms with Gasteiger partial charge < -0.3 is 5.73 Å². The van der Waals surface area contributed by atoms with Gasteiger partial charge in [-0.25, -0.2) is 0 Å². The molecule has 0 aliphatic carbocycles. The maximum absolute atomic E-state index is 6.13. The molecule has 0 fully saturated rings. The van der Waals surface area contributed by atoms with Gasteiger partial charge in [0.25, 0.3) is 0 Å². The summed E-state index contributed by atoms with van der Waals surface area (Å²) in [4.78, 5) is 2.48. The van der Waals surface area contributed by atoms with E-state index in [2.05, 4.69) is 75.1 Å². The van der Waals surface area contributed by atoms with Crippen LogP contribution in [0.25, 0.3) is 10.8 Å². The van der Waals surface area contributed by atoms with Crippen LogP contribution in [0.15, 0.2) is 42.5 Å². The lowest BCUT2D eigenvalue weighted by atomic mass is 9.94. The first kappa shape index (κ1) is 15.0. The highest BCUT2D eigenvalue weighted by atomic mass is 15.2. The summed E-state index contributed by atoms with van der Waals surface area (Å²) in [5.74, 6) is 0. The van der Waals surface area contributed by atoms with Crippen molar-refractivity contribution in [2.75, 3.05) is 13.1 Å². The molecule has 108 valence electrons. The molecule has 2 aromatic carbocycles. The van der Waals surface area contributed by atoms with E-state index in [0.717, 1.165) is 6.54 Å². The number of benzene rings is 2. The summed E-state index contributed by atoms with van der Waals surface area (Å²) in [6, 6.07) is 15.3. The molecule has 0 spiro atoms. The van der Waals surface area contributed by atoms with E-state index in [9.17, 15) is 0 Å². The number of fused-ring (bicyclic) bond motifs is 1. The molecule has 0 aromatic heterocycles. The van der Waals surface area contributed by atoms with Crippen molar-refractivity contribution in [3.8, 4) is 0 Å². The molecular formula is C18H26N2. The molecule has 1 unspecified atom stereocenters. The lowest BCUT2D eigenvalue weighted by Crippen LogP contribution is -2.46. The quantitative estimate of drug-likeness (QED) is 0.911. The summed E-state index contributed by atoms with van der Waals surface area (Å²) in [5.41, 5.74) is 7.57. The molecule has 2 aromatic rings. The molecule has 0 bridgehead atoms. The van der Waals surface area contributed by atoms with Crippen LogP contribution in [0.3, 0.4) is 0 Å². The second-order valence-corrected chi connectivity index (χ2v) is 6.28. The van der Waals surface area contributed by atoms with Crippen molar-refractivity contribution in [2.24, 2.45) is 5.73 Å². The normalized spacial score (nSPS) is 13.9. The SMILES string of the molecule is CCN(C(CN)c1cccc2ccccc12)C(C)(C)C. The summed E-state index contributed by atoms with van der Waals surface area (Å²) < 4.78 is 0. The zero-order chi connectivity index (χ0) is 14.8.